The fourth-order valence-corrected chi connectivity index (χ4v) is 3.51. The maximum Gasteiger partial charge on any atom is 0.357 e. The van der Waals surface area contributed by atoms with Gasteiger partial charge in [-0.15, -0.1) is 16.0 Å². The first kappa shape index (κ1) is 17.7. The van der Waals surface area contributed by atoms with E-state index in [0.29, 0.717) is 12.4 Å². The second kappa shape index (κ2) is 7.90. The molecular formula is C20H17N6OS+. The van der Waals surface area contributed by atoms with Crippen LogP contribution in [0.2, 0.25) is 0 Å². The van der Waals surface area contributed by atoms with Crippen LogP contribution in [0.15, 0.2) is 65.5 Å². The van der Waals surface area contributed by atoms with Crippen LogP contribution in [0.1, 0.15) is 6.42 Å². The minimum absolute atomic E-state index is 0.236. The van der Waals surface area contributed by atoms with Crippen LogP contribution in [0.25, 0.3) is 22.6 Å². The zero-order valence-electron chi connectivity index (χ0n) is 14.9. The van der Waals surface area contributed by atoms with Gasteiger partial charge < -0.3 is 0 Å². The fraction of sp³-hybridized carbons (Fsp3) is 0.100. The first-order valence-corrected chi connectivity index (χ1v) is 9.64. The van der Waals surface area contributed by atoms with E-state index < -0.39 is 0 Å². The molecule has 2 heterocycles. The Morgan fingerprint density at radius 2 is 2.00 bits per heavy atom. The minimum atomic E-state index is -0.326. The van der Waals surface area contributed by atoms with E-state index in [0.717, 1.165) is 22.4 Å². The van der Waals surface area contributed by atoms with Gasteiger partial charge in [-0.1, -0.05) is 30.3 Å². The Bertz CT molecular complexity index is 1130. The molecule has 2 amide bonds. The quantitative estimate of drug-likeness (QED) is 0.511. The predicted molar refractivity (Wildman–Crippen MR) is 108 cm³/mol. The highest BCUT2D eigenvalue weighted by molar-refractivity contribution is 7.07. The molecule has 7 nitrogen and oxygen atoms in total. The molecular weight excluding hydrogens is 372 g/mol. The molecule has 0 aliphatic carbocycles. The Labute approximate surface area is 165 Å². The van der Waals surface area contributed by atoms with E-state index in [4.69, 9.17) is 5.26 Å². The van der Waals surface area contributed by atoms with Gasteiger partial charge in [-0.05, 0) is 24.3 Å². The van der Waals surface area contributed by atoms with Crippen molar-refractivity contribution in [1.29, 1.82) is 5.26 Å². The molecule has 28 heavy (non-hydrogen) atoms. The number of carbonyl (C=O) groups excluding carboxylic acids is 1. The van der Waals surface area contributed by atoms with E-state index in [2.05, 4.69) is 21.5 Å². The van der Waals surface area contributed by atoms with Crippen LogP contribution in [-0.2, 0) is 0 Å². The second-order valence-corrected chi connectivity index (χ2v) is 6.73. The molecule has 2 N–H and O–H groups in total. The van der Waals surface area contributed by atoms with Crippen molar-refractivity contribution in [2.24, 2.45) is 0 Å². The first-order chi connectivity index (χ1) is 13.8. The summed E-state index contributed by atoms with van der Waals surface area (Å²) in [7, 11) is 0. The van der Waals surface area contributed by atoms with Gasteiger partial charge in [0.25, 0.3) is 0 Å². The Morgan fingerprint density at radius 1 is 1.21 bits per heavy atom. The Hall–Kier alpha value is -3.70. The number of thiazole rings is 1. The minimum Gasteiger partial charge on any atom is -0.291 e. The molecule has 0 atom stereocenters. The molecule has 2 aromatic carbocycles. The molecule has 4 aromatic rings. The molecule has 138 valence electrons. The van der Waals surface area contributed by atoms with E-state index in [-0.39, 0.29) is 12.5 Å². The Balaban J connectivity index is 1.73. The number of anilines is 1. The van der Waals surface area contributed by atoms with E-state index in [1.54, 1.807) is 15.1 Å². The average molecular weight is 389 g/mol. The van der Waals surface area contributed by atoms with Crippen molar-refractivity contribution in [3.05, 3.63) is 65.5 Å². The van der Waals surface area contributed by atoms with Gasteiger partial charge in [0.05, 0.1) is 18.0 Å². The Morgan fingerprint density at radius 3 is 2.75 bits per heavy atom. The maximum atomic E-state index is 13.1. The monoisotopic (exact) mass is 389 g/mol. The van der Waals surface area contributed by atoms with Gasteiger partial charge in [0.1, 0.15) is 0 Å². The largest absolute Gasteiger partial charge is 0.357 e. The van der Waals surface area contributed by atoms with E-state index in [9.17, 15) is 4.79 Å². The number of imidazole rings is 1. The van der Waals surface area contributed by atoms with Gasteiger partial charge in [0, 0.05) is 17.6 Å². The van der Waals surface area contributed by atoms with E-state index >= 15 is 0 Å². The highest BCUT2D eigenvalue weighted by Gasteiger charge is 2.26. The molecule has 0 saturated heterocycles. The van der Waals surface area contributed by atoms with Gasteiger partial charge in [-0.25, -0.2) is 14.8 Å². The summed E-state index contributed by atoms with van der Waals surface area (Å²) in [6.07, 6.45) is 0.236. The maximum absolute atomic E-state index is 13.1. The molecule has 4 rings (SSSR count). The third-order valence-corrected chi connectivity index (χ3v) is 4.85. The molecule has 0 aliphatic rings. The molecule has 0 fully saturated rings. The summed E-state index contributed by atoms with van der Waals surface area (Å²) >= 11 is 1.48. The molecule has 0 unspecified atom stereocenters. The zero-order valence-corrected chi connectivity index (χ0v) is 15.7. The number of carbonyl (C=O) groups is 1. The number of nitrogens with one attached hydrogen (secondary N) is 2. The number of H-pyrrole nitrogens is 1. The molecule has 0 bridgehead atoms. The van der Waals surface area contributed by atoms with Crippen LogP contribution in [0.4, 0.5) is 10.5 Å². The predicted octanol–water partition coefficient (Wildman–Crippen LogP) is 3.66. The van der Waals surface area contributed by atoms with Crippen molar-refractivity contribution in [3.63, 3.8) is 0 Å². The Kier molecular flexibility index (Phi) is 4.99. The summed E-state index contributed by atoms with van der Waals surface area (Å²) in [6.45, 7) is 0.293. The standard InChI is InChI=1S/C20H16N6OS/c21-11-6-12-25(15-7-2-1-3-8-15)20(27)24-26-18-10-5-4-9-16(18)23-19(26)17-13-28-14-22-17/h1-5,7-10,13-14H,6,12H2,(H,24,27)/p+1. The molecule has 0 spiro atoms. The van der Waals surface area contributed by atoms with Crippen molar-refractivity contribution in [2.75, 3.05) is 16.9 Å². The van der Waals surface area contributed by atoms with E-state index in [1.165, 1.54) is 11.3 Å². The van der Waals surface area contributed by atoms with E-state index in [1.807, 2.05) is 60.0 Å². The van der Waals surface area contributed by atoms with Gasteiger partial charge >= 0.3 is 11.9 Å². The van der Waals surface area contributed by atoms with Crippen LogP contribution in [0.5, 0.6) is 0 Å². The molecule has 2 aromatic heterocycles. The van der Waals surface area contributed by atoms with Crippen LogP contribution < -0.4 is 15.0 Å². The van der Waals surface area contributed by atoms with Gasteiger partial charge in [-0.2, -0.15) is 10.7 Å². The highest BCUT2D eigenvalue weighted by Crippen LogP contribution is 2.19. The van der Waals surface area contributed by atoms with Crippen LogP contribution >= 0.6 is 11.3 Å². The summed E-state index contributed by atoms with van der Waals surface area (Å²) in [5.41, 5.74) is 7.88. The molecule has 0 radical (unpaired) electrons. The summed E-state index contributed by atoms with van der Waals surface area (Å²) in [5, 5.41) is 10.9. The number of rotatable bonds is 5. The normalized spacial score (nSPS) is 10.5. The molecule has 0 aliphatic heterocycles. The smallest absolute Gasteiger partial charge is 0.291 e. The summed E-state index contributed by atoms with van der Waals surface area (Å²) < 4.78 is 1.70. The van der Waals surface area contributed by atoms with Crippen molar-refractivity contribution in [2.45, 2.75) is 6.42 Å². The highest BCUT2D eigenvalue weighted by atomic mass is 32.1. The first-order valence-electron chi connectivity index (χ1n) is 8.70. The molecule has 0 saturated carbocycles. The van der Waals surface area contributed by atoms with Gasteiger partial charge in [0.15, 0.2) is 11.2 Å². The van der Waals surface area contributed by atoms with Crippen molar-refractivity contribution in [1.82, 2.24) is 9.97 Å². The lowest BCUT2D eigenvalue weighted by Gasteiger charge is -2.21. The number of hydrogen-bond acceptors (Lipinski definition) is 4. The fourth-order valence-electron chi connectivity index (χ4n) is 2.98. The third kappa shape index (κ3) is 3.43. The third-order valence-electron chi connectivity index (χ3n) is 4.26. The summed E-state index contributed by atoms with van der Waals surface area (Å²) in [5.74, 6) is 0.684. The van der Waals surface area contributed by atoms with Crippen molar-refractivity contribution >= 4 is 34.1 Å². The van der Waals surface area contributed by atoms with Crippen molar-refractivity contribution < 1.29 is 9.47 Å². The summed E-state index contributed by atoms with van der Waals surface area (Å²) in [4.78, 5) is 22.4. The summed E-state index contributed by atoms with van der Waals surface area (Å²) in [6, 6.07) is 18.8. The number of nitriles is 1. The second-order valence-electron chi connectivity index (χ2n) is 6.01. The number of hydrogen-bond donors (Lipinski definition) is 2. The lowest BCUT2D eigenvalue weighted by atomic mass is 10.3. The van der Waals surface area contributed by atoms with Gasteiger partial charge in [0.2, 0.25) is 5.52 Å². The van der Waals surface area contributed by atoms with Crippen LogP contribution in [0, 0.1) is 11.3 Å². The van der Waals surface area contributed by atoms with Gasteiger partial charge in [-0.3, -0.25) is 4.90 Å². The number of urea groups is 1. The number of aromatic nitrogens is 3. The SMILES string of the molecule is N#CCCN(C(=O)N[n+]1c(-c2cscn2)[nH]c2ccccc21)c1ccccc1. The number of amides is 2. The average Bonchev–Trinajstić information content (AvgIpc) is 3.37. The van der Waals surface area contributed by atoms with Crippen LogP contribution in [0.3, 0.4) is 0 Å². The molecule has 8 heteroatoms. The lowest BCUT2D eigenvalue weighted by molar-refractivity contribution is -0.602. The topological polar surface area (TPSA) is 88.7 Å². The lowest BCUT2D eigenvalue weighted by Crippen LogP contribution is -2.54. The van der Waals surface area contributed by atoms with Crippen LogP contribution in [-0.4, -0.2) is 22.5 Å². The number of nitrogens with zero attached hydrogens (tertiary/aromatic N) is 4. The number of benzene rings is 2. The number of aromatic amines is 1. The number of fused-ring (bicyclic) bond motifs is 1. The van der Waals surface area contributed by atoms with Crippen molar-refractivity contribution in [3.8, 4) is 17.6 Å². The zero-order chi connectivity index (χ0) is 19.3. The number of para-hydroxylation sites is 3.